The van der Waals surface area contributed by atoms with E-state index in [-0.39, 0.29) is 23.2 Å². The number of rotatable bonds is 4. The largest absolute Gasteiger partial charge is 0.338 e. The van der Waals surface area contributed by atoms with Crippen LogP contribution < -0.4 is 4.90 Å². The van der Waals surface area contributed by atoms with Crippen LogP contribution in [-0.4, -0.2) is 35.1 Å². The van der Waals surface area contributed by atoms with Crippen LogP contribution in [0, 0.1) is 17.1 Å². The molecule has 2 aromatic carbocycles. The van der Waals surface area contributed by atoms with Gasteiger partial charge in [0.25, 0.3) is 5.91 Å². The SMILES string of the molecule is N#C/C(C(=O)N1CCCCC1)=C1\S[C@H](Cc2ccc(F)cc2)C(=O)N1c1ccccc1. The van der Waals surface area contributed by atoms with Crippen LogP contribution in [0.2, 0.25) is 0 Å². The zero-order chi connectivity index (χ0) is 21.8. The van der Waals surface area contributed by atoms with E-state index >= 15 is 0 Å². The molecule has 2 heterocycles. The summed E-state index contributed by atoms with van der Waals surface area (Å²) < 4.78 is 13.3. The van der Waals surface area contributed by atoms with E-state index in [2.05, 4.69) is 6.07 Å². The number of thioether (sulfide) groups is 1. The van der Waals surface area contributed by atoms with E-state index in [0.29, 0.717) is 30.2 Å². The summed E-state index contributed by atoms with van der Waals surface area (Å²) in [5, 5.41) is 9.77. The van der Waals surface area contributed by atoms with Crippen molar-refractivity contribution in [1.82, 2.24) is 4.90 Å². The van der Waals surface area contributed by atoms with Crippen molar-refractivity contribution in [1.29, 1.82) is 5.26 Å². The summed E-state index contributed by atoms with van der Waals surface area (Å²) in [5.41, 5.74) is 1.45. The van der Waals surface area contributed by atoms with Crippen LogP contribution in [0.5, 0.6) is 0 Å². The second-order valence-electron chi connectivity index (χ2n) is 7.59. The Morgan fingerprint density at radius 2 is 1.74 bits per heavy atom. The molecule has 158 valence electrons. The van der Waals surface area contributed by atoms with Gasteiger partial charge in [-0.2, -0.15) is 5.26 Å². The number of hydrogen-bond donors (Lipinski definition) is 0. The number of para-hydroxylation sites is 1. The third-order valence-corrected chi connectivity index (χ3v) is 6.75. The fourth-order valence-electron chi connectivity index (χ4n) is 3.88. The number of amides is 2. The van der Waals surface area contributed by atoms with E-state index in [1.54, 1.807) is 29.2 Å². The molecule has 0 unspecified atom stereocenters. The minimum absolute atomic E-state index is 0.00529. The van der Waals surface area contributed by atoms with Crippen molar-refractivity contribution < 1.29 is 14.0 Å². The van der Waals surface area contributed by atoms with Gasteiger partial charge in [-0.15, -0.1) is 0 Å². The molecule has 0 bridgehead atoms. The first-order valence-corrected chi connectivity index (χ1v) is 11.2. The van der Waals surface area contributed by atoms with Crippen molar-refractivity contribution in [2.75, 3.05) is 18.0 Å². The van der Waals surface area contributed by atoms with Crippen molar-refractivity contribution in [2.24, 2.45) is 0 Å². The van der Waals surface area contributed by atoms with Crippen LogP contribution in [0.1, 0.15) is 24.8 Å². The highest BCUT2D eigenvalue weighted by atomic mass is 32.2. The fraction of sp³-hybridized carbons (Fsp3) is 0.292. The van der Waals surface area contributed by atoms with Crippen LogP contribution in [0.3, 0.4) is 0 Å². The van der Waals surface area contributed by atoms with Crippen molar-refractivity contribution in [3.63, 3.8) is 0 Å². The number of carbonyl (C=O) groups is 2. The molecule has 0 aromatic heterocycles. The molecule has 0 aliphatic carbocycles. The van der Waals surface area contributed by atoms with Crippen molar-refractivity contribution in [3.05, 3.63) is 76.6 Å². The molecule has 2 aromatic rings. The molecular weight excluding hydrogens is 413 g/mol. The number of benzene rings is 2. The maximum Gasteiger partial charge on any atom is 0.267 e. The summed E-state index contributed by atoms with van der Waals surface area (Å²) in [6.07, 6.45) is 3.29. The Hall–Kier alpha value is -3.11. The van der Waals surface area contributed by atoms with E-state index < -0.39 is 5.25 Å². The van der Waals surface area contributed by atoms with Gasteiger partial charge in [0.2, 0.25) is 5.91 Å². The summed E-state index contributed by atoms with van der Waals surface area (Å²) in [4.78, 5) is 29.7. The normalized spacial score (nSPS) is 20.5. The third kappa shape index (κ3) is 4.49. The van der Waals surface area contributed by atoms with Crippen molar-refractivity contribution in [2.45, 2.75) is 30.9 Å². The molecule has 7 heteroatoms. The second-order valence-corrected chi connectivity index (χ2v) is 8.78. The first-order chi connectivity index (χ1) is 15.1. The minimum Gasteiger partial charge on any atom is -0.338 e. The summed E-state index contributed by atoms with van der Waals surface area (Å²) in [6.45, 7) is 1.25. The first-order valence-electron chi connectivity index (χ1n) is 10.3. The topological polar surface area (TPSA) is 64.4 Å². The van der Waals surface area contributed by atoms with Crippen molar-refractivity contribution >= 4 is 29.3 Å². The fourth-order valence-corrected chi connectivity index (χ4v) is 5.18. The monoisotopic (exact) mass is 435 g/mol. The molecule has 5 nitrogen and oxygen atoms in total. The number of anilines is 1. The van der Waals surface area contributed by atoms with Gasteiger partial charge >= 0.3 is 0 Å². The standard InChI is InChI=1S/C24H22FN3O2S/c25-18-11-9-17(10-12-18)15-21-23(30)28(19-7-3-1-4-8-19)24(31-21)20(16-26)22(29)27-13-5-2-6-14-27/h1,3-4,7-12,21H,2,5-6,13-15H2/b24-20+/t21-/m1/s1. The summed E-state index contributed by atoms with van der Waals surface area (Å²) in [5.74, 6) is -0.838. The number of halogens is 1. The molecule has 2 fully saturated rings. The summed E-state index contributed by atoms with van der Waals surface area (Å²) >= 11 is 1.24. The van der Waals surface area contributed by atoms with Crippen LogP contribution in [-0.2, 0) is 16.0 Å². The summed E-state index contributed by atoms with van der Waals surface area (Å²) in [6, 6.07) is 17.2. The van der Waals surface area contributed by atoms with Gasteiger partial charge in [-0.05, 0) is 55.5 Å². The average molecular weight is 436 g/mol. The van der Waals surface area contributed by atoms with Gasteiger partial charge in [-0.3, -0.25) is 14.5 Å². The molecular formula is C24H22FN3O2S. The zero-order valence-electron chi connectivity index (χ0n) is 17.0. The Balaban J connectivity index is 1.71. The Bertz CT molecular complexity index is 1040. The molecule has 31 heavy (non-hydrogen) atoms. The van der Waals surface area contributed by atoms with E-state index in [1.807, 2.05) is 18.2 Å². The van der Waals surface area contributed by atoms with Crippen LogP contribution in [0.15, 0.2) is 65.2 Å². The molecule has 0 spiro atoms. The molecule has 2 saturated heterocycles. The van der Waals surface area contributed by atoms with E-state index in [1.165, 1.54) is 28.8 Å². The second kappa shape index (κ2) is 9.36. The van der Waals surface area contributed by atoms with Gasteiger partial charge in [-0.1, -0.05) is 42.1 Å². The highest BCUT2D eigenvalue weighted by Crippen LogP contribution is 2.42. The molecule has 1 atom stereocenters. The molecule has 0 radical (unpaired) electrons. The Labute approximate surface area is 185 Å². The number of hydrogen-bond acceptors (Lipinski definition) is 4. The third-order valence-electron chi connectivity index (χ3n) is 5.48. The number of piperidine rings is 1. The van der Waals surface area contributed by atoms with Gasteiger partial charge < -0.3 is 4.90 Å². The quantitative estimate of drug-likeness (QED) is 0.532. The molecule has 2 aliphatic rings. The van der Waals surface area contributed by atoms with Gasteiger partial charge in [0.1, 0.15) is 22.5 Å². The highest BCUT2D eigenvalue weighted by Gasteiger charge is 2.41. The maximum atomic E-state index is 13.4. The predicted molar refractivity (Wildman–Crippen MR) is 118 cm³/mol. The predicted octanol–water partition coefficient (Wildman–Crippen LogP) is 4.26. The average Bonchev–Trinajstić information content (AvgIpc) is 3.12. The maximum absolute atomic E-state index is 13.4. The lowest BCUT2D eigenvalue weighted by atomic mass is 10.1. The zero-order valence-corrected chi connectivity index (χ0v) is 17.8. The Morgan fingerprint density at radius 1 is 1.06 bits per heavy atom. The molecule has 0 N–H and O–H groups in total. The molecule has 2 amide bonds. The van der Waals surface area contributed by atoms with Gasteiger partial charge in [-0.25, -0.2) is 4.39 Å². The Kier molecular flexibility index (Phi) is 6.38. The molecule has 0 saturated carbocycles. The van der Waals surface area contributed by atoms with Crippen LogP contribution in [0.25, 0.3) is 0 Å². The molecule has 4 rings (SSSR count). The lowest BCUT2D eigenvalue weighted by Crippen LogP contribution is -2.37. The molecule has 2 aliphatic heterocycles. The lowest BCUT2D eigenvalue weighted by Gasteiger charge is -2.27. The highest BCUT2D eigenvalue weighted by molar-refractivity contribution is 8.05. The number of likely N-dealkylation sites (tertiary alicyclic amines) is 1. The van der Waals surface area contributed by atoms with Crippen LogP contribution in [0.4, 0.5) is 10.1 Å². The lowest BCUT2D eigenvalue weighted by molar-refractivity contribution is -0.127. The van der Waals surface area contributed by atoms with E-state index in [0.717, 1.165) is 24.8 Å². The number of nitriles is 1. The van der Waals surface area contributed by atoms with E-state index in [9.17, 15) is 19.2 Å². The Morgan fingerprint density at radius 3 is 2.39 bits per heavy atom. The van der Waals surface area contributed by atoms with Gasteiger partial charge in [0, 0.05) is 18.8 Å². The number of carbonyl (C=O) groups excluding carboxylic acids is 2. The van der Waals surface area contributed by atoms with Crippen molar-refractivity contribution in [3.8, 4) is 6.07 Å². The summed E-state index contributed by atoms with van der Waals surface area (Å²) in [7, 11) is 0. The van der Waals surface area contributed by atoms with Crippen LogP contribution >= 0.6 is 11.8 Å². The van der Waals surface area contributed by atoms with Gasteiger partial charge in [0.05, 0.1) is 5.25 Å². The first kappa shape index (κ1) is 21.1. The smallest absolute Gasteiger partial charge is 0.267 e. The number of nitrogens with zero attached hydrogens (tertiary/aromatic N) is 3. The van der Waals surface area contributed by atoms with E-state index in [4.69, 9.17) is 0 Å². The van der Waals surface area contributed by atoms with Gasteiger partial charge in [0.15, 0.2) is 0 Å². The minimum atomic E-state index is -0.502.